The van der Waals surface area contributed by atoms with Gasteiger partial charge in [0.15, 0.2) is 0 Å². The van der Waals surface area contributed by atoms with Crippen molar-refractivity contribution in [1.29, 1.82) is 0 Å². The molecule has 2 aromatic rings. The van der Waals surface area contributed by atoms with E-state index in [4.69, 9.17) is 14.2 Å². The zero-order valence-corrected chi connectivity index (χ0v) is 16.9. The van der Waals surface area contributed by atoms with Gasteiger partial charge in [0.05, 0.1) is 12.8 Å². The van der Waals surface area contributed by atoms with Gasteiger partial charge in [0, 0.05) is 12.6 Å². The highest BCUT2D eigenvalue weighted by Gasteiger charge is 2.25. The molecular weight excluding hydrogens is 378 g/mol. The van der Waals surface area contributed by atoms with Crippen LogP contribution in [0, 0.1) is 0 Å². The summed E-state index contributed by atoms with van der Waals surface area (Å²) in [7, 11) is 1.21. The number of alkyl carbamates (subject to hydrolysis) is 1. The molecule has 0 spiro atoms. The molecule has 2 rings (SSSR count). The molecule has 156 valence electrons. The van der Waals surface area contributed by atoms with Crippen LogP contribution >= 0.6 is 0 Å². The number of nitrogens with one attached hydrogen (secondary N) is 1. The van der Waals surface area contributed by atoms with Gasteiger partial charge in [-0.2, -0.15) is 0 Å². The standard InChI is InChI=1S/C20H25N3O6/c1-20(2,3)29-19(26)23-11-15(21-13-23)10-16(17(24)27-4)22-18(25)28-12-14-8-6-5-7-9-14/h5-9,11,13,16H,10,12H2,1-4H3,(H,22,25). The van der Waals surface area contributed by atoms with Crippen molar-refractivity contribution in [3.05, 3.63) is 54.1 Å². The number of ether oxygens (including phenoxy) is 3. The van der Waals surface area contributed by atoms with Crippen LogP contribution in [0.15, 0.2) is 42.9 Å². The SMILES string of the molecule is COC(=O)C(Cc1cn(C(=O)OC(C)(C)C)cn1)NC(=O)OCc1ccccc1. The van der Waals surface area contributed by atoms with E-state index in [-0.39, 0.29) is 13.0 Å². The summed E-state index contributed by atoms with van der Waals surface area (Å²) in [5.74, 6) is -0.659. The molecule has 0 aliphatic rings. The van der Waals surface area contributed by atoms with Crippen LogP contribution in [0.1, 0.15) is 32.0 Å². The van der Waals surface area contributed by atoms with Crippen LogP contribution in [0.3, 0.4) is 0 Å². The Morgan fingerprint density at radius 1 is 1.17 bits per heavy atom. The smallest absolute Gasteiger partial charge is 0.419 e. The molecule has 1 aromatic carbocycles. The number of nitrogens with zero attached hydrogens (tertiary/aromatic N) is 2. The molecule has 0 aliphatic carbocycles. The fourth-order valence-corrected chi connectivity index (χ4v) is 2.34. The summed E-state index contributed by atoms with van der Waals surface area (Å²) in [4.78, 5) is 40.3. The molecule has 1 amide bonds. The maximum atomic E-state index is 12.1. The largest absolute Gasteiger partial charge is 0.467 e. The van der Waals surface area contributed by atoms with Gasteiger partial charge < -0.3 is 19.5 Å². The summed E-state index contributed by atoms with van der Waals surface area (Å²) in [6.07, 6.45) is 1.37. The van der Waals surface area contributed by atoms with E-state index in [2.05, 4.69) is 10.3 Å². The average Bonchev–Trinajstić information content (AvgIpc) is 3.13. The third-order valence-corrected chi connectivity index (χ3v) is 3.64. The Labute approximate surface area is 169 Å². The van der Waals surface area contributed by atoms with E-state index >= 15 is 0 Å². The van der Waals surface area contributed by atoms with Gasteiger partial charge in [0.1, 0.15) is 24.6 Å². The maximum absolute atomic E-state index is 12.1. The molecule has 1 aromatic heterocycles. The van der Waals surface area contributed by atoms with Crippen molar-refractivity contribution in [2.24, 2.45) is 0 Å². The molecule has 0 bridgehead atoms. The molecule has 0 radical (unpaired) electrons. The predicted molar refractivity (Wildman–Crippen MR) is 103 cm³/mol. The van der Waals surface area contributed by atoms with Crippen LogP contribution in [0.4, 0.5) is 9.59 Å². The highest BCUT2D eigenvalue weighted by atomic mass is 16.6. The van der Waals surface area contributed by atoms with Gasteiger partial charge in [0.2, 0.25) is 0 Å². The first kappa shape index (κ1) is 21.9. The Balaban J connectivity index is 1.97. The molecule has 1 atom stereocenters. The summed E-state index contributed by atoms with van der Waals surface area (Å²) in [6.45, 7) is 5.32. The van der Waals surface area contributed by atoms with Gasteiger partial charge in [-0.25, -0.2) is 23.9 Å². The van der Waals surface area contributed by atoms with E-state index in [1.807, 2.05) is 30.3 Å². The van der Waals surface area contributed by atoms with Crippen molar-refractivity contribution in [1.82, 2.24) is 14.9 Å². The van der Waals surface area contributed by atoms with Crippen LogP contribution in [0.25, 0.3) is 0 Å². The van der Waals surface area contributed by atoms with Crippen LogP contribution in [-0.2, 0) is 32.0 Å². The highest BCUT2D eigenvalue weighted by molar-refractivity contribution is 5.81. The van der Waals surface area contributed by atoms with Gasteiger partial charge in [-0.1, -0.05) is 30.3 Å². The molecule has 0 fully saturated rings. The lowest BCUT2D eigenvalue weighted by molar-refractivity contribution is -0.143. The van der Waals surface area contributed by atoms with Gasteiger partial charge >= 0.3 is 18.2 Å². The zero-order valence-electron chi connectivity index (χ0n) is 16.9. The number of imidazole rings is 1. The van der Waals surface area contributed by atoms with Crippen LogP contribution in [0.5, 0.6) is 0 Å². The molecular formula is C20H25N3O6. The zero-order chi connectivity index (χ0) is 21.4. The van der Waals surface area contributed by atoms with E-state index in [0.29, 0.717) is 5.69 Å². The minimum Gasteiger partial charge on any atom is -0.467 e. The summed E-state index contributed by atoms with van der Waals surface area (Å²) in [5.41, 5.74) is 0.558. The first-order valence-corrected chi connectivity index (χ1v) is 8.99. The Kier molecular flexibility index (Phi) is 7.35. The van der Waals surface area contributed by atoms with Crippen molar-refractivity contribution < 1.29 is 28.6 Å². The average molecular weight is 403 g/mol. The van der Waals surface area contributed by atoms with E-state index in [1.165, 1.54) is 24.2 Å². The van der Waals surface area contributed by atoms with Crippen molar-refractivity contribution in [2.75, 3.05) is 7.11 Å². The van der Waals surface area contributed by atoms with Crippen molar-refractivity contribution >= 4 is 18.2 Å². The lowest BCUT2D eigenvalue weighted by Crippen LogP contribution is -2.43. The topological polar surface area (TPSA) is 109 Å². The Bertz CT molecular complexity index is 841. The molecule has 0 aliphatic heterocycles. The van der Waals surface area contributed by atoms with E-state index < -0.39 is 29.8 Å². The predicted octanol–water partition coefficient (Wildman–Crippen LogP) is 2.68. The highest BCUT2D eigenvalue weighted by Crippen LogP contribution is 2.10. The number of hydrogen-bond acceptors (Lipinski definition) is 7. The first-order chi connectivity index (χ1) is 13.7. The van der Waals surface area contributed by atoms with Gasteiger partial charge in [-0.05, 0) is 26.3 Å². The first-order valence-electron chi connectivity index (χ1n) is 8.99. The van der Waals surface area contributed by atoms with Gasteiger partial charge in [0.25, 0.3) is 0 Å². The number of benzene rings is 1. The van der Waals surface area contributed by atoms with Crippen molar-refractivity contribution in [3.8, 4) is 0 Å². The summed E-state index contributed by atoms with van der Waals surface area (Å²) < 4.78 is 16.3. The molecule has 1 heterocycles. The molecule has 1 N–H and O–H groups in total. The number of rotatable bonds is 6. The second-order valence-corrected chi connectivity index (χ2v) is 7.24. The van der Waals surface area contributed by atoms with E-state index in [0.717, 1.165) is 5.56 Å². The lowest BCUT2D eigenvalue weighted by Gasteiger charge is -2.19. The van der Waals surface area contributed by atoms with Gasteiger partial charge in [-0.3, -0.25) is 0 Å². The molecule has 29 heavy (non-hydrogen) atoms. The Morgan fingerprint density at radius 3 is 2.48 bits per heavy atom. The maximum Gasteiger partial charge on any atom is 0.419 e. The fourth-order valence-electron chi connectivity index (χ4n) is 2.34. The van der Waals surface area contributed by atoms with Crippen LogP contribution in [0.2, 0.25) is 0 Å². The number of hydrogen-bond donors (Lipinski definition) is 1. The number of esters is 1. The number of carbonyl (C=O) groups is 3. The van der Waals surface area contributed by atoms with Crippen molar-refractivity contribution in [3.63, 3.8) is 0 Å². The number of aromatic nitrogens is 2. The Morgan fingerprint density at radius 2 is 1.86 bits per heavy atom. The van der Waals surface area contributed by atoms with Gasteiger partial charge in [-0.15, -0.1) is 0 Å². The van der Waals surface area contributed by atoms with Crippen LogP contribution in [-0.4, -0.2) is 46.5 Å². The number of methoxy groups -OCH3 is 1. The summed E-state index contributed by atoms with van der Waals surface area (Å²) in [6, 6.07) is 8.12. The lowest BCUT2D eigenvalue weighted by atomic mass is 10.1. The Hall–Kier alpha value is -3.36. The molecule has 0 saturated heterocycles. The summed E-state index contributed by atoms with van der Waals surface area (Å²) in [5, 5.41) is 2.46. The normalized spacial score (nSPS) is 12.0. The minimum atomic E-state index is -1.02. The molecule has 1 unspecified atom stereocenters. The molecule has 9 heteroatoms. The van der Waals surface area contributed by atoms with Crippen LogP contribution < -0.4 is 5.32 Å². The van der Waals surface area contributed by atoms with E-state index in [9.17, 15) is 14.4 Å². The third-order valence-electron chi connectivity index (χ3n) is 3.64. The summed E-state index contributed by atoms with van der Waals surface area (Å²) >= 11 is 0. The second-order valence-electron chi connectivity index (χ2n) is 7.24. The molecule has 0 saturated carbocycles. The van der Waals surface area contributed by atoms with E-state index in [1.54, 1.807) is 20.8 Å². The second kappa shape index (κ2) is 9.72. The fraction of sp³-hybridized carbons (Fsp3) is 0.400. The minimum absolute atomic E-state index is 0.0168. The van der Waals surface area contributed by atoms with Crippen molar-refractivity contribution in [2.45, 2.75) is 45.4 Å². The molecule has 9 nitrogen and oxygen atoms in total. The number of carbonyl (C=O) groups excluding carboxylic acids is 3. The third kappa shape index (κ3) is 7.28. The number of amides is 1. The quantitative estimate of drug-likeness (QED) is 0.583. The monoisotopic (exact) mass is 403 g/mol.